The number of amides is 1. The molecule has 1 atom stereocenters. The molecule has 0 bridgehead atoms. The molecule has 2 fully saturated rings. The zero-order chi connectivity index (χ0) is 25.1. The highest BCUT2D eigenvalue weighted by Crippen LogP contribution is 2.37. The van der Waals surface area contributed by atoms with E-state index in [9.17, 15) is 13.2 Å². The second-order valence-corrected chi connectivity index (χ2v) is 11.8. The summed E-state index contributed by atoms with van der Waals surface area (Å²) in [6.07, 6.45) is 5.69. The fourth-order valence-electron chi connectivity index (χ4n) is 5.10. The zero-order valence-electron chi connectivity index (χ0n) is 20.7. The molecule has 0 aliphatic carbocycles. The summed E-state index contributed by atoms with van der Waals surface area (Å²) in [7, 11) is -4.20. The van der Waals surface area contributed by atoms with Crippen LogP contribution in [0.1, 0.15) is 56.8 Å². The number of nitrogens with zero attached hydrogens (tertiary/aromatic N) is 3. The molecule has 0 spiro atoms. The third kappa shape index (κ3) is 6.10. The molecule has 2 aromatic rings. The van der Waals surface area contributed by atoms with Crippen molar-refractivity contribution in [3.05, 3.63) is 42.1 Å². The summed E-state index contributed by atoms with van der Waals surface area (Å²) in [6.45, 7) is 9.61. The van der Waals surface area contributed by atoms with Gasteiger partial charge in [0.25, 0.3) is 15.9 Å². The number of carbonyl (C=O) groups excluding carboxylic acids is 1. The second-order valence-electron chi connectivity index (χ2n) is 10.2. The number of sulfonamides is 1. The van der Waals surface area contributed by atoms with E-state index in [0.717, 1.165) is 45.3 Å². The van der Waals surface area contributed by atoms with Gasteiger partial charge in [0.1, 0.15) is 5.82 Å². The molecule has 35 heavy (non-hydrogen) atoms. The molecule has 2 saturated heterocycles. The summed E-state index contributed by atoms with van der Waals surface area (Å²) >= 11 is 0. The Morgan fingerprint density at radius 3 is 2.71 bits per heavy atom. The predicted octanol–water partition coefficient (Wildman–Crippen LogP) is 2.99. The van der Waals surface area contributed by atoms with E-state index in [1.165, 1.54) is 6.07 Å². The third-order valence-electron chi connectivity index (χ3n) is 6.80. The van der Waals surface area contributed by atoms with Crippen LogP contribution in [0.5, 0.6) is 5.88 Å². The normalized spacial score (nSPS) is 20.5. The van der Waals surface area contributed by atoms with E-state index in [4.69, 9.17) is 4.74 Å². The van der Waals surface area contributed by atoms with Gasteiger partial charge in [-0.05, 0) is 82.7 Å². The average Bonchev–Trinajstić information content (AvgIpc) is 3.11. The van der Waals surface area contributed by atoms with Crippen LogP contribution in [0.3, 0.4) is 0 Å². The summed E-state index contributed by atoms with van der Waals surface area (Å²) in [6, 6.07) is 7.77. The minimum Gasteiger partial charge on any atom is -0.478 e. The molecule has 10 heteroatoms. The molecule has 1 amide bonds. The summed E-state index contributed by atoms with van der Waals surface area (Å²) in [5.41, 5.74) is 0.0240. The van der Waals surface area contributed by atoms with E-state index in [1.54, 1.807) is 30.5 Å². The van der Waals surface area contributed by atoms with Crippen molar-refractivity contribution < 1.29 is 17.9 Å². The number of ether oxygens (including phenoxy) is 1. The number of piperidine rings is 1. The van der Waals surface area contributed by atoms with Gasteiger partial charge in [-0.2, -0.15) is 13.4 Å². The van der Waals surface area contributed by atoms with Crippen molar-refractivity contribution in [2.24, 2.45) is 11.8 Å². The molecule has 9 nitrogen and oxygen atoms in total. The van der Waals surface area contributed by atoms with E-state index in [2.05, 4.69) is 45.7 Å². The Kier molecular flexibility index (Phi) is 7.61. The molecule has 190 valence electrons. The number of anilines is 1. The lowest BCUT2D eigenvalue weighted by molar-refractivity contribution is 0.0981. The van der Waals surface area contributed by atoms with Crippen molar-refractivity contribution in [3.63, 3.8) is 0 Å². The van der Waals surface area contributed by atoms with Crippen LogP contribution in [-0.4, -0.2) is 56.1 Å². The van der Waals surface area contributed by atoms with E-state index in [-0.39, 0.29) is 22.0 Å². The van der Waals surface area contributed by atoms with Crippen LogP contribution in [0, 0.1) is 11.8 Å². The van der Waals surface area contributed by atoms with Crippen molar-refractivity contribution in [1.82, 2.24) is 20.0 Å². The number of rotatable bonds is 8. The SMILES string of the molecule is CC1CN(c2ncccc2C(=O)NS(=O)(=O)c2cccc(OCCC3CCNCC3)n2)C(C)(C)C1. The molecule has 0 saturated carbocycles. The Balaban J connectivity index is 1.45. The number of hydrogen-bond acceptors (Lipinski definition) is 8. The van der Waals surface area contributed by atoms with Crippen molar-refractivity contribution >= 4 is 21.7 Å². The first-order chi connectivity index (χ1) is 16.7. The van der Waals surface area contributed by atoms with Gasteiger partial charge in [0.15, 0.2) is 5.03 Å². The van der Waals surface area contributed by atoms with Crippen LogP contribution < -0.4 is 19.7 Å². The Morgan fingerprint density at radius 2 is 2.00 bits per heavy atom. The third-order valence-corrected chi connectivity index (χ3v) is 8.03. The second kappa shape index (κ2) is 10.5. The summed E-state index contributed by atoms with van der Waals surface area (Å²) in [4.78, 5) is 23.8. The maximum absolute atomic E-state index is 13.1. The van der Waals surface area contributed by atoms with Gasteiger partial charge in [-0.15, -0.1) is 0 Å². The topological polar surface area (TPSA) is 114 Å². The molecular formula is C25H35N5O4S. The fourth-order valence-corrected chi connectivity index (χ4v) is 6.03. The van der Waals surface area contributed by atoms with Gasteiger partial charge in [-0.3, -0.25) is 4.79 Å². The van der Waals surface area contributed by atoms with Crippen LogP contribution in [0.25, 0.3) is 0 Å². The number of nitrogens with one attached hydrogen (secondary N) is 2. The molecular weight excluding hydrogens is 466 g/mol. The van der Waals surface area contributed by atoms with Gasteiger partial charge in [0.2, 0.25) is 5.88 Å². The van der Waals surface area contributed by atoms with Gasteiger partial charge in [0.05, 0.1) is 12.2 Å². The van der Waals surface area contributed by atoms with E-state index in [1.807, 2.05) is 0 Å². The minimum atomic E-state index is -4.20. The Bertz CT molecular complexity index is 1150. The molecule has 2 aliphatic rings. The molecule has 4 rings (SSSR count). The smallest absolute Gasteiger partial charge is 0.281 e. The first kappa shape index (κ1) is 25.4. The molecule has 4 heterocycles. The molecule has 2 N–H and O–H groups in total. The van der Waals surface area contributed by atoms with Crippen LogP contribution in [0.4, 0.5) is 5.82 Å². The fraction of sp³-hybridized carbons (Fsp3) is 0.560. The van der Waals surface area contributed by atoms with Crippen molar-refractivity contribution in [1.29, 1.82) is 0 Å². The highest BCUT2D eigenvalue weighted by molar-refractivity contribution is 7.90. The standard InChI is InChI=1S/C25H35N5O4S/c1-18-16-25(2,3)30(17-18)23-20(6-5-12-27-23)24(31)29-35(32,33)22-8-4-7-21(28-22)34-15-11-19-9-13-26-14-10-19/h4-8,12,18-19,26H,9-11,13-17H2,1-3H3,(H,29,31). The summed E-state index contributed by atoms with van der Waals surface area (Å²) in [5, 5.41) is 3.08. The maximum Gasteiger partial charge on any atom is 0.281 e. The lowest BCUT2D eigenvalue weighted by Gasteiger charge is -2.33. The number of aromatic nitrogens is 2. The van der Waals surface area contributed by atoms with Crippen LogP contribution in [0.2, 0.25) is 0 Å². The van der Waals surface area contributed by atoms with E-state index >= 15 is 0 Å². The first-order valence-corrected chi connectivity index (χ1v) is 13.7. The molecule has 2 aliphatic heterocycles. The number of hydrogen-bond donors (Lipinski definition) is 2. The Hall–Kier alpha value is -2.72. The van der Waals surface area contributed by atoms with Crippen molar-refractivity contribution in [3.8, 4) is 5.88 Å². The molecule has 0 aromatic carbocycles. The van der Waals surface area contributed by atoms with Gasteiger partial charge in [-0.1, -0.05) is 13.0 Å². The Morgan fingerprint density at radius 1 is 1.23 bits per heavy atom. The largest absolute Gasteiger partial charge is 0.478 e. The first-order valence-electron chi connectivity index (χ1n) is 12.3. The van der Waals surface area contributed by atoms with E-state index in [0.29, 0.717) is 24.3 Å². The quantitative estimate of drug-likeness (QED) is 0.568. The molecule has 2 aromatic heterocycles. The van der Waals surface area contributed by atoms with Gasteiger partial charge < -0.3 is 15.0 Å². The number of carbonyl (C=O) groups is 1. The highest BCUT2D eigenvalue weighted by Gasteiger charge is 2.39. The van der Waals surface area contributed by atoms with Crippen LogP contribution in [0.15, 0.2) is 41.6 Å². The van der Waals surface area contributed by atoms with Crippen molar-refractivity contribution in [2.75, 3.05) is 31.1 Å². The average molecular weight is 502 g/mol. The van der Waals surface area contributed by atoms with E-state index < -0.39 is 15.9 Å². The van der Waals surface area contributed by atoms with Crippen molar-refractivity contribution in [2.45, 2.75) is 57.0 Å². The summed E-state index contributed by atoms with van der Waals surface area (Å²) < 4.78 is 33.9. The van der Waals surface area contributed by atoms with Gasteiger partial charge >= 0.3 is 0 Å². The highest BCUT2D eigenvalue weighted by atomic mass is 32.2. The molecule has 0 radical (unpaired) electrons. The minimum absolute atomic E-state index is 0.191. The van der Waals surface area contributed by atoms with Gasteiger partial charge in [0, 0.05) is 24.3 Å². The Labute approximate surface area is 207 Å². The molecule has 1 unspecified atom stereocenters. The monoisotopic (exact) mass is 501 g/mol. The number of pyridine rings is 2. The lowest BCUT2D eigenvalue weighted by atomic mass is 9.95. The predicted molar refractivity (Wildman–Crippen MR) is 134 cm³/mol. The van der Waals surface area contributed by atoms with Crippen LogP contribution >= 0.6 is 0 Å². The lowest BCUT2D eigenvalue weighted by Crippen LogP contribution is -2.41. The summed E-state index contributed by atoms with van der Waals surface area (Å²) in [5.74, 6) is 1.01. The van der Waals surface area contributed by atoms with Gasteiger partial charge in [-0.25, -0.2) is 9.71 Å². The zero-order valence-corrected chi connectivity index (χ0v) is 21.5. The maximum atomic E-state index is 13.1. The van der Waals surface area contributed by atoms with Crippen LogP contribution in [-0.2, 0) is 10.0 Å².